The fourth-order valence-corrected chi connectivity index (χ4v) is 5.21. The lowest BCUT2D eigenvalue weighted by atomic mass is 9.97. The van der Waals surface area contributed by atoms with E-state index in [0.717, 1.165) is 18.1 Å². The predicted octanol–water partition coefficient (Wildman–Crippen LogP) is 7.48. The molecule has 4 aromatic carbocycles. The molecule has 0 atom stereocenters. The first-order chi connectivity index (χ1) is 17.4. The predicted molar refractivity (Wildman–Crippen MR) is 146 cm³/mol. The third-order valence-corrected chi connectivity index (χ3v) is 6.88. The minimum absolute atomic E-state index is 0.783. The number of benzene rings is 4. The molecule has 0 saturated carbocycles. The summed E-state index contributed by atoms with van der Waals surface area (Å²) in [5.41, 5.74) is 8.27. The van der Waals surface area contributed by atoms with Gasteiger partial charge in [-0.15, -0.1) is 0 Å². The van der Waals surface area contributed by atoms with Gasteiger partial charge in [0.05, 0.1) is 16.7 Å². The monoisotopic (exact) mass is 449 g/mol. The van der Waals surface area contributed by atoms with Crippen molar-refractivity contribution in [3.05, 3.63) is 139 Å². The van der Waals surface area contributed by atoms with E-state index >= 15 is 0 Å². The zero-order valence-corrected chi connectivity index (χ0v) is 19.2. The molecule has 0 radical (unpaired) electrons. The fourth-order valence-electron chi connectivity index (χ4n) is 5.21. The average Bonchev–Trinajstić information content (AvgIpc) is 3.27. The van der Waals surface area contributed by atoms with Crippen molar-refractivity contribution in [3.8, 4) is 11.1 Å². The first-order valence-corrected chi connectivity index (χ1v) is 12.0. The van der Waals surface area contributed by atoms with Crippen LogP contribution >= 0.6 is 0 Å². The van der Waals surface area contributed by atoms with E-state index in [-0.39, 0.29) is 0 Å². The van der Waals surface area contributed by atoms with Crippen LogP contribution in [0.15, 0.2) is 138 Å². The van der Waals surface area contributed by atoms with Crippen LogP contribution in [0.4, 0.5) is 0 Å². The minimum Gasteiger partial charge on any atom is -0.307 e. The molecule has 0 aliphatic carbocycles. The maximum atomic E-state index is 5.06. The molecule has 0 saturated heterocycles. The second-order valence-corrected chi connectivity index (χ2v) is 8.88. The molecule has 5 aromatic rings. The molecule has 7 rings (SSSR count). The Hall–Kier alpha value is -4.63. The van der Waals surface area contributed by atoms with Gasteiger partial charge < -0.3 is 4.90 Å². The molecule has 166 valence electrons. The Labute approximate surface area is 204 Å². The van der Waals surface area contributed by atoms with E-state index in [0.29, 0.717) is 0 Å². The van der Waals surface area contributed by atoms with Crippen molar-refractivity contribution in [1.29, 1.82) is 0 Å². The third-order valence-electron chi connectivity index (χ3n) is 6.88. The third kappa shape index (κ3) is 3.17. The van der Waals surface area contributed by atoms with Gasteiger partial charge in [-0.3, -0.25) is 4.57 Å². The molecule has 0 amide bonds. The fraction of sp³-hybridized carbons (Fsp3) is 0.0312. The van der Waals surface area contributed by atoms with Crippen LogP contribution in [0, 0.1) is 0 Å². The number of rotatable bonds is 2. The number of para-hydroxylation sites is 2. The Balaban J connectivity index is 1.38. The van der Waals surface area contributed by atoms with E-state index in [1.54, 1.807) is 0 Å². The van der Waals surface area contributed by atoms with E-state index < -0.39 is 0 Å². The molecule has 3 heteroatoms. The number of aliphatic imine (C=N–C) groups is 1. The van der Waals surface area contributed by atoms with Gasteiger partial charge in [0.15, 0.2) is 0 Å². The summed E-state index contributed by atoms with van der Waals surface area (Å²) >= 11 is 0. The smallest absolute Gasteiger partial charge is 0.215 e. The van der Waals surface area contributed by atoms with Crippen LogP contribution in [0.25, 0.3) is 38.5 Å². The topological polar surface area (TPSA) is 20.5 Å². The number of hydrogen-bond acceptors (Lipinski definition) is 2. The zero-order chi connectivity index (χ0) is 23.2. The van der Waals surface area contributed by atoms with Crippen LogP contribution < -0.4 is 0 Å². The van der Waals surface area contributed by atoms with Crippen molar-refractivity contribution in [2.24, 2.45) is 4.99 Å². The highest BCUT2D eigenvalue weighted by Crippen LogP contribution is 2.36. The molecule has 3 nitrogen and oxygen atoms in total. The number of nitrogens with zero attached hydrogens (tertiary/aromatic N) is 3. The van der Waals surface area contributed by atoms with E-state index in [4.69, 9.17) is 4.99 Å². The summed E-state index contributed by atoms with van der Waals surface area (Å²) in [5, 5.41) is 2.49. The molecule has 3 heterocycles. The van der Waals surface area contributed by atoms with Gasteiger partial charge in [-0.05, 0) is 34.9 Å². The summed E-state index contributed by atoms with van der Waals surface area (Å²) in [7, 11) is 0. The maximum Gasteiger partial charge on any atom is 0.215 e. The Morgan fingerprint density at radius 3 is 1.91 bits per heavy atom. The Kier molecular flexibility index (Phi) is 4.52. The minimum atomic E-state index is 0.783. The molecule has 0 fully saturated rings. The number of hydrogen-bond donors (Lipinski definition) is 0. The number of allylic oxidation sites excluding steroid dienone is 3. The largest absolute Gasteiger partial charge is 0.307 e. The first kappa shape index (κ1) is 19.8. The van der Waals surface area contributed by atoms with Crippen molar-refractivity contribution in [2.45, 2.75) is 0 Å². The van der Waals surface area contributed by atoms with Gasteiger partial charge in [0.2, 0.25) is 5.96 Å². The van der Waals surface area contributed by atoms with Gasteiger partial charge in [0.1, 0.15) is 0 Å². The summed E-state index contributed by atoms with van der Waals surface area (Å²) in [4.78, 5) is 7.38. The second kappa shape index (κ2) is 8.00. The average molecular weight is 450 g/mol. The lowest BCUT2D eigenvalue weighted by Crippen LogP contribution is -2.38. The molecule has 0 bridgehead atoms. The zero-order valence-electron chi connectivity index (χ0n) is 19.2. The van der Waals surface area contributed by atoms with Crippen LogP contribution in [-0.2, 0) is 0 Å². The lowest BCUT2D eigenvalue weighted by Gasteiger charge is -2.34. The molecule has 1 aromatic heterocycles. The molecular formula is C32H23N3. The van der Waals surface area contributed by atoms with Gasteiger partial charge in [0, 0.05) is 29.1 Å². The van der Waals surface area contributed by atoms with Crippen molar-refractivity contribution < 1.29 is 0 Å². The van der Waals surface area contributed by atoms with E-state index in [1.807, 2.05) is 6.20 Å². The SMILES string of the molecule is C1=CCN2C(=C1)C(c1ccc(-c3ccccc3)cc1)=CN=C2n1c2ccccc2c2ccccc21. The van der Waals surface area contributed by atoms with Crippen molar-refractivity contribution >= 4 is 33.3 Å². The van der Waals surface area contributed by atoms with Crippen LogP contribution in [-0.4, -0.2) is 22.0 Å². The van der Waals surface area contributed by atoms with E-state index in [1.165, 1.54) is 44.2 Å². The maximum absolute atomic E-state index is 5.06. The first-order valence-electron chi connectivity index (χ1n) is 12.0. The van der Waals surface area contributed by atoms with Crippen LogP contribution in [0.3, 0.4) is 0 Å². The van der Waals surface area contributed by atoms with E-state index in [9.17, 15) is 0 Å². The van der Waals surface area contributed by atoms with Gasteiger partial charge in [-0.1, -0.05) is 103 Å². The highest BCUT2D eigenvalue weighted by Gasteiger charge is 2.27. The van der Waals surface area contributed by atoms with Gasteiger partial charge in [-0.25, -0.2) is 4.99 Å². The van der Waals surface area contributed by atoms with Gasteiger partial charge in [-0.2, -0.15) is 0 Å². The number of aromatic nitrogens is 1. The summed E-state index contributed by atoms with van der Waals surface area (Å²) in [6.45, 7) is 0.783. The number of fused-ring (bicyclic) bond motifs is 4. The summed E-state index contributed by atoms with van der Waals surface area (Å²) < 4.78 is 2.30. The molecule has 0 N–H and O–H groups in total. The highest BCUT2D eigenvalue weighted by atomic mass is 15.3. The van der Waals surface area contributed by atoms with Gasteiger partial charge >= 0.3 is 0 Å². The Morgan fingerprint density at radius 1 is 0.600 bits per heavy atom. The highest BCUT2D eigenvalue weighted by molar-refractivity contribution is 6.14. The van der Waals surface area contributed by atoms with Crippen molar-refractivity contribution in [2.75, 3.05) is 6.54 Å². The van der Waals surface area contributed by atoms with Crippen molar-refractivity contribution in [3.63, 3.8) is 0 Å². The summed E-state index contributed by atoms with van der Waals surface area (Å²) in [6.07, 6.45) is 8.56. The standard InChI is InChI=1S/C32H23N3/c1-2-10-23(11-3-1)24-17-19-25(20-18-24)28-22-33-32(34-21-9-8-14-29(28)34)35-30-15-6-4-12-26(30)27-13-5-7-16-31(27)35/h1-20,22H,21H2. The van der Waals surface area contributed by atoms with E-state index in [2.05, 4.69) is 131 Å². The van der Waals surface area contributed by atoms with Crippen LogP contribution in [0.5, 0.6) is 0 Å². The second-order valence-electron chi connectivity index (χ2n) is 8.88. The van der Waals surface area contributed by atoms with Gasteiger partial charge in [0.25, 0.3) is 0 Å². The molecule has 0 spiro atoms. The Morgan fingerprint density at radius 2 is 1.20 bits per heavy atom. The normalized spacial score (nSPS) is 15.1. The molecule has 2 aliphatic heterocycles. The summed E-state index contributed by atoms with van der Waals surface area (Å²) in [6, 6.07) is 36.5. The van der Waals surface area contributed by atoms with Crippen molar-refractivity contribution in [1.82, 2.24) is 9.47 Å². The Bertz CT molecular complexity index is 1640. The van der Waals surface area contributed by atoms with Crippen LogP contribution in [0.1, 0.15) is 5.56 Å². The quantitative estimate of drug-likeness (QED) is 0.274. The summed E-state index contributed by atoms with van der Waals surface area (Å²) in [5.74, 6) is 0.933. The molecular weight excluding hydrogens is 426 g/mol. The van der Waals surface area contributed by atoms with Crippen LogP contribution in [0.2, 0.25) is 0 Å². The molecule has 35 heavy (non-hydrogen) atoms. The molecule has 0 unspecified atom stereocenters. The lowest BCUT2D eigenvalue weighted by molar-refractivity contribution is 0.562. The molecule has 2 aliphatic rings.